The summed E-state index contributed by atoms with van der Waals surface area (Å²) in [5.74, 6) is -0.563. The molecule has 22 heavy (non-hydrogen) atoms. The number of nitrogens with one attached hydrogen (secondary N) is 2. The molecular formula is C14H22ClFN2O3S. The minimum atomic E-state index is -3.74. The van der Waals surface area contributed by atoms with Crippen LogP contribution in [0, 0.1) is 12.7 Å². The highest BCUT2D eigenvalue weighted by atomic mass is 35.5. The molecule has 0 aromatic heterocycles. The van der Waals surface area contributed by atoms with Crippen LogP contribution in [0.15, 0.2) is 23.1 Å². The minimum absolute atomic E-state index is 0. The van der Waals surface area contributed by atoms with Gasteiger partial charge in [-0.25, -0.2) is 17.5 Å². The van der Waals surface area contributed by atoms with E-state index < -0.39 is 15.8 Å². The Kier molecular flexibility index (Phi) is 6.76. The Hall–Kier alpha value is -0.730. The molecule has 1 atom stereocenters. The summed E-state index contributed by atoms with van der Waals surface area (Å²) in [6.07, 6.45) is 1.82. The first-order valence-electron chi connectivity index (χ1n) is 6.88. The summed E-state index contributed by atoms with van der Waals surface area (Å²) >= 11 is 0. The van der Waals surface area contributed by atoms with Crippen molar-refractivity contribution in [3.05, 3.63) is 29.6 Å². The lowest BCUT2D eigenvalue weighted by atomic mass is 9.99. The second kappa shape index (κ2) is 7.70. The van der Waals surface area contributed by atoms with E-state index in [0.717, 1.165) is 25.5 Å². The van der Waals surface area contributed by atoms with Gasteiger partial charge in [0.05, 0.1) is 17.0 Å². The van der Waals surface area contributed by atoms with Crippen LogP contribution in [0.1, 0.15) is 18.4 Å². The van der Waals surface area contributed by atoms with Gasteiger partial charge in [-0.05, 0) is 44.0 Å². The van der Waals surface area contributed by atoms with Crippen molar-refractivity contribution in [1.82, 2.24) is 10.0 Å². The maximum absolute atomic E-state index is 13.3. The van der Waals surface area contributed by atoms with Crippen molar-refractivity contribution >= 4 is 22.4 Å². The van der Waals surface area contributed by atoms with E-state index in [1.54, 1.807) is 14.0 Å². The van der Waals surface area contributed by atoms with E-state index in [1.807, 2.05) is 0 Å². The first kappa shape index (κ1) is 19.3. The number of halogens is 2. The van der Waals surface area contributed by atoms with Crippen LogP contribution in [0.4, 0.5) is 4.39 Å². The Morgan fingerprint density at radius 3 is 2.77 bits per heavy atom. The van der Waals surface area contributed by atoms with Crippen molar-refractivity contribution in [2.45, 2.75) is 30.2 Å². The van der Waals surface area contributed by atoms with Crippen molar-refractivity contribution in [2.75, 3.05) is 26.8 Å². The van der Waals surface area contributed by atoms with Crippen molar-refractivity contribution in [2.24, 2.45) is 0 Å². The second-order valence-electron chi connectivity index (χ2n) is 5.48. The predicted octanol–water partition coefficient (Wildman–Crippen LogP) is 1.60. The zero-order valence-corrected chi connectivity index (χ0v) is 14.3. The zero-order valence-electron chi connectivity index (χ0n) is 12.7. The van der Waals surface area contributed by atoms with E-state index in [4.69, 9.17) is 4.74 Å². The van der Waals surface area contributed by atoms with Gasteiger partial charge in [-0.2, -0.15) is 0 Å². The maximum atomic E-state index is 13.3. The van der Waals surface area contributed by atoms with Gasteiger partial charge in [0.1, 0.15) is 5.82 Å². The monoisotopic (exact) mass is 352 g/mol. The van der Waals surface area contributed by atoms with E-state index in [-0.39, 0.29) is 29.4 Å². The Balaban J connectivity index is 0.00000242. The number of aryl methyl sites for hydroxylation is 1. The molecule has 0 spiro atoms. The summed E-state index contributed by atoms with van der Waals surface area (Å²) in [6, 6.07) is 3.75. The fourth-order valence-electron chi connectivity index (χ4n) is 2.64. The first-order chi connectivity index (χ1) is 9.88. The van der Waals surface area contributed by atoms with Crippen molar-refractivity contribution in [1.29, 1.82) is 0 Å². The van der Waals surface area contributed by atoms with Crippen LogP contribution in [0.25, 0.3) is 0 Å². The number of hydrogen-bond donors (Lipinski definition) is 2. The predicted molar refractivity (Wildman–Crippen MR) is 85.4 cm³/mol. The number of hydrogen-bond acceptors (Lipinski definition) is 4. The highest BCUT2D eigenvalue weighted by Crippen LogP contribution is 2.21. The average molecular weight is 353 g/mol. The molecule has 1 fully saturated rings. The third kappa shape index (κ3) is 4.39. The van der Waals surface area contributed by atoms with Crippen molar-refractivity contribution in [3.8, 4) is 0 Å². The average Bonchev–Trinajstić information content (AvgIpc) is 2.89. The Morgan fingerprint density at radius 2 is 2.18 bits per heavy atom. The molecule has 1 aromatic rings. The summed E-state index contributed by atoms with van der Waals surface area (Å²) in [4.78, 5) is -0.0203. The number of rotatable bonds is 6. The minimum Gasteiger partial charge on any atom is -0.383 e. The lowest BCUT2D eigenvalue weighted by molar-refractivity contribution is 0.122. The summed E-state index contributed by atoms with van der Waals surface area (Å²) in [5.41, 5.74) is 0.132. The Morgan fingerprint density at radius 1 is 1.45 bits per heavy atom. The van der Waals surface area contributed by atoms with Gasteiger partial charge in [0.25, 0.3) is 0 Å². The van der Waals surface area contributed by atoms with E-state index in [1.165, 1.54) is 12.1 Å². The van der Waals surface area contributed by atoms with Crippen LogP contribution in [0.5, 0.6) is 0 Å². The third-order valence-electron chi connectivity index (χ3n) is 3.79. The molecule has 0 radical (unpaired) electrons. The summed E-state index contributed by atoms with van der Waals surface area (Å²) in [5, 5.41) is 3.30. The van der Waals surface area contributed by atoms with Gasteiger partial charge >= 0.3 is 0 Å². The molecule has 1 heterocycles. The Labute approximate surface area is 137 Å². The maximum Gasteiger partial charge on any atom is 0.240 e. The lowest BCUT2D eigenvalue weighted by Crippen LogP contribution is -2.52. The van der Waals surface area contributed by atoms with E-state index >= 15 is 0 Å². The van der Waals surface area contributed by atoms with Gasteiger partial charge in [-0.15, -0.1) is 12.4 Å². The van der Waals surface area contributed by atoms with Gasteiger partial charge in [0.15, 0.2) is 0 Å². The van der Waals surface area contributed by atoms with Crippen LogP contribution in [-0.4, -0.2) is 40.8 Å². The van der Waals surface area contributed by atoms with Crippen LogP contribution < -0.4 is 10.0 Å². The molecule has 0 bridgehead atoms. The number of ether oxygens (including phenoxy) is 1. The van der Waals surface area contributed by atoms with Gasteiger partial charge in [0.2, 0.25) is 10.0 Å². The molecular weight excluding hydrogens is 331 g/mol. The largest absolute Gasteiger partial charge is 0.383 e. The number of methoxy groups -OCH3 is 1. The molecule has 0 amide bonds. The SMILES string of the molecule is COCC1(CNS(=O)(=O)c2cc(F)ccc2C)CCCN1.Cl. The van der Waals surface area contributed by atoms with Gasteiger partial charge in [0, 0.05) is 13.7 Å². The molecule has 1 aliphatic rings. The molecule has 8 heteroatoms. The molecule has 5 nitrogen and oxygen atoms in total. The molecule has 126 valence electrons. The van der Waals surface area contributed by atoms with E-state index in [2.05, 4.69) is 10.0 Å². The summed E-state index contributed by atoms with van der Waals surface area (Å²) in [7, 11) is -2.15. The summed E-state index contributed by atoms with van der Waals surface area (Å²) in [6.45, 7) is 3.13. The fraction of sp³-hybridized carbons (Fsp3) is 0.571. The van der Waals surface area contributed by atoms with Crippen molar-refractivity contribution < 1.29 is 17.5 Å². The topological polar surface area (TPSA) is 67.4 Å². The highest BCUT2D eigenvalue weighted by Gasteiger charge is 2.35. The molecule has 2 rings (SSSR count). The first-order valence-corrected chi connectivity index (χ1v) is 8.37. The molecule has 0 aliphatic carbocycles. The van der Waals surface area contributed by atoms with Crippen LogP contribution in [0.2, 0.25) is 0 Å². The van der Waals surface area contributed by atoms with Gasteiger partial charge < -0.3 is 10.1 Å². The highest BCUT2D eigenvalue weighted by molar-refractivity contribution is 7.89. The normalized spacial score (nSPS) is 21.6. The Bertz CT molecular complexity index is 604. The van der Waals surface area contributed by atoms with Crippen LogP contribution in [-0.2, 0) is 14.8 Å². The molecule has 1 unspecified atom stereocenters. The van der Waals surface area contributed by atoms with Gasteiger partial charge in [-0.3, -0.25) is 0 Å². The smallest absolute Gasteiger partial charge is 0.240 e. The molecule has 0 saturated carbocycles. The fourth-order valence-corrected chi connectivity index (χ4v) is 4.03. The molecule has 1 saturated heterocycles. The molecule has 1 aliphatic heterocycles. The lowest BCUT2D eigenvalue weighted by Gasteiger charge is -2.29. The third-order valence-corrected chi connectivity index (χ3v) is 5.34. The van der Waals surface area contributed by atoms with Crippen LogP contribution >= 0.6 is 12.4 Å². The van der Waals surface area contributed by atoms with Gasteiger partial charge in [-0.1, -0.05) is 6.07 Å². The molecule has 2 N–H and O–H groups in total. The quantitative estimate of drug-likeness (QED) is 0.816. The number of sulfonamides is 1. The van der Waals surface area contributed by atoms with E-state index in [0.29, 0.717) is 12.2 Å². The second-order valence-corrected chi connectivity index (χ2v) is 7.21. The van der Waals surface area contributed by atoms with E-state index in [9.17, 15) is 12.8 Å². The molecule has 1 aromatic carbocycles. The number of benzene rings is 1. The zero-order chi connectivity index (χ0) is 15.5. The van der Waals surface area contributed by atoms with Crippen molar-refractivity contribution in [3.63, 3.8) is 0 Å². The van der Waals surface area contributed by atoms with Crippen LogP contribution in [0.3, 0.4) is 0 Å². The standard InChI is InChI=1S/C14H21FN2O3S.ClH/c1-11-4-5-12(15)8-13(11)21(18,19)17-9-14(10-20-2)6-3-7-16-14;/h4-5,8,16-17H,3,6-7,9-10H2,1-2H3;1H. The summed E-state index contributed by atoms with van der Waals surface area (Å²) < 4.78 is 45.8.